The average molecular weight is 338 g/mol. The molecule has 0 bridgehead atoms. The van der Waals surface area contributed by atoms with Gasteiger partial charge in [-0.3, -0.25) is 0 Å². The van der Waals surface area contributed by atoms with E-state index in [-0.39, 0.29) is 0 Å². The van der Waals surface area contributed by atoms with Crippen molar-refractivity contribution in [2.45, 2.75) is 44.7 Å². The first-order chi connectivity index (χ1) is 11.8. The third-order valence-electron chi connectivity index (χ3n) is 4.77. The Morgan fingerprint density at radius 2 is 2.12 bits per heavy atom. The van der Waals surface area contributed by atoms with Crippen LogP contribution in [0.2, 0.25) is 0 Å². The number of aromatic nitrogens is 3. The molecule has 124 valence electrons. The predicted octanol–water partition coefficient (Wildman–Crippen LogP) is 4.45. The number of hydrogen-bond donors (Lipinski definition) is 1. The van der Waals surface area contributed by atoms with Gasteiger partial charge in [-0.05, 0) is 43.5 Å². The number of hydrogen-bond acceptors (Lipinski definition) is 4. The lowest BCUT2D eigenvalue weighted by Gasteiger charge is -2.22. The molecule has 4 rings (SSSR count). The Hall–Kier alpha value is -1.98. The zero-order chi connectivity index (χ0) is 16.4. The van der Waals surface area contributed by atoms with Gasteiger partial charge in [0, 0.05) is 42.0 Å². The first-order valence-corrected chi connectivity index (χ1v) is 9.39. The highest BCUT2D eigenvalue weighted by molar-refractivity contribution is 7.11. The van der Waals surface area contributed by atoms with Crippen molar-refractivity contribution in [2.75, 3.05) is 0 Å². The van der Waals surface area contributed by atoms with E-state index in [1.807, 2.05) is 34.5 Å². The summed E-state index contributed by atoms with van der Waals surface area (Å²) in [5.74, 6) is 0.732. The largest absolute Gasteiger partial charge is 0.305 e. The van der Waals surface area contributed by atoms with Crippen LogP contribution in [0.25, 0.3) is 5.69 Å². The molecule has 2 heterocycles. The van der Waals surface area contributed by atoms with Gasteiger partial charge in [0.1, 0.15) is 0 Å². The van der Waals surface area contributed by atoms with Gasteiger partial charge in [-0.1, -0.05) is 18.6 Å². The Morgan fingerprint density at radius 1 is 1.29 bits per heavy atom. The smallest absolute Gasteiger partial charge is 0.0959 e. The van der Waals surface area contributed by atoms with Gasteiger partial charge >= 0.3 is 0 Å². The topological polar surface area (TPSA) is 42.7 Å². The summed E-state index contributed by atoms with van der Waals surface area (Å²) in [6.45, 7) is 3.09. The van der Waals surface area contributed by atoms with Gasteiger partial charge in [0.25, 0.3) is 0 Å². The predicted molar refractivity (Wildman–Crippen MR) is 97.5 cm³/mol. The van der Waals surface area contributed by atoms with E-state index < -0.39 is 0 Å². The Balaban J connectivity index is 1.35. The standard InChI is InChI=1S/C19H22N4S/c1-14(15-6-8-17(9-7-15)23-11-3-10-22-23)20-12-18-13-21-19(24-18)16-4-2-5-16/h3,6-11,13-14,16,20H,2,4-5,12H2,1H3. The van der Waals surface area contributed by atoms with E-state index in [4.69, 9.17) is 0 Å². The van der Waals surface area contributed by atoms with Crippen molar-refractivity contribution in [1.29, 1.82) is 0 Å². The Kier molecular flexibility index (Phi) is 4.45. The molecule has 1 atom stereocenters. The number of nitrogens with one attached hydrogen (secondary N) is 1. The summed E-state index contributed by atoms with van der Waals surface area (Å²) >= 11 is 1.87. The fourth-order valence-electron chi connectivity index (χ4n) is 2.96. The van der Waals surface area contributed by atoms with Crippen molar-refractivity contribution >= 4 is 11.3 Å². The summed E-state index contributed by atoms with van der Waals surface area (Å²) in [5, 5.41) is 9.19. The minimum absolute atomic E-state index is 0.311. The van der Waals surface area contributed by atoms with Gasteiger partial charge in [0.05, 0.1) is 10.7 Å². The van der Waals surface area contributed by atoms with Crippen molar-refractivity contribution in [2.24, 2.45) is 0 Å². The fraction of sp³-hybridized carbons (Fsp3) is 0.368. The second-order valence-electron chi connectivity index (χ2n) is 6.44. The van der Waals surface area contributed by atoms with Crippen LogP contribution < -0.4 is 5.32 Å². The number of thiazole rings is 1. The van der Waals surface area contributed by atoms with Crippen LogP contribution in [0.5, 0.6) is 0 Å². The first kappa shape index (κ1) is 15.5. The normalized spacial score (nSPS) is 16.0. The lowest BCUT2D eigenvalue weighted by atomic mass is 9.86. The zero-order valence-corrected chi connectivity index (χ0v) is 14.7. The van der Waals surface area contributed by atoms with E-state index in [0.717, 1.165) is 18.2 Å². The lowest BCUT2D eigenvalue weighted by molar-refractivity contribution is 0.418. The maximum absolute atomic E-state index is 4.60. The van der Waals surface area contributed by atoms with Crippen LogP contribution in [0.15, 0.2) is 48.9 Å². The lowest BCUT2D eigenvalue weighted by Crippen LogP contribution is -2.17. The number of nitrogens with zero attached hydrogens (tertiary/aromatic N) is 3. The van der Waals surface area contributed by atoms with Crippen molar-refractivity contribution < 1.29 is 0 Å². The van der Waals surface area contributed by atoms with E-state index in [0.29, 0.717) is 6.04 Å². The average Bonchev–Trinajstić information content (AvgIpc) is 3.23. The highest BCUT2D eigenvalue weighted by atomic mass is 32.1. The van der Waals surface area contributed by atoms with E-state index in [1.54, 1.807) is 6.20 Å². The van der Waals surface area contributed by atoms with Crippen LogP contribution in [-0.4, -0.2) is 14.8 Å². The Morgan fingerprint density at radius 3 is 2.79 bits per heavy atom. The Labute approximate surface area is 146 Å². The molecule has 24 heavy (non-hydrogen) atoms. The molecule has 1 aliphatic rings. The highest BCUT2D eigenvalue weighted by Gasteiger charge is 2.22. The summed E-state index contributed by atoms with van der Waals surface area (Å²) in [6.07, 6.45) is 9.80. The monoisotopic (exact) mass is 338 g/mol. The summed E-state index contributed by atoms with van der Waals surface area (Å²) < 4.78 is 1.88. The molecule has 5 heteroatoms. The highest BCUT2D eigenvalue weighted by Crippen LogP contribution is 2.38. The van der Waals surface area contributed by atoms with E-state index in [2.05, 4.69) is 46.6 Å². The molecule has 0 spiro atoms. The molecule has 0 saturated heterocycles. The van der Waals surface area contributed by atoms with Gasteiger partial charge in [0.15, 0.2) is 0 Å². The second-order valence-corrected chi connectivity index (χ2v) is 7.58. The van der Waals surface area contributed by atoms with Crippen LogP contribution in [-0.2, 0) is 6.54 Å². The van der Waals surface area contributed by atoms with Crippen molar-refractivity contribution in [3.8, 4) is 5.69 Å². The minimum atomic E-state index is 0.311. The molecule has 1 fully saturated rings. The molecule has 1 aliphatic carbocycles. The maximum Gasteiger partial charge on any atom is 0.0959 e. The molecule has 1 unspecified atom stereocenters. The van der Waals surface area contributed by atoms with Gasteiger partial charge in [-0.25, -0.2) is 9.67 Å². The third-order valence-corrected chi connectivity index (χ3v) is 5.93. The quantitative estimate of drug-likeness (QED) is 0.722. The summed E-state index contributed by atoms with van der Waals surface area (Å²) in [4.78, 5) is 5.93. The number of rotatable bonds is 6. The molecule has 3 aromatic rings. The fourth-order valence-corrected chi connectivity index (χ4v) is 3.99. The van der Waals surface area contributed by atoms with Crippen molar-refractivity contribution in [1.82, 2.24) is 20.1 Å². The third kappa shape index (κ3) is 3.28. The second kappa shape index (κ2) is 6.87. The van der Waals surface area contributed by atoms with Gasteiger partial charge in [0.2, 0.25) is 0 Å². The van der Waals surface area contributed by atoms with Crippen LogP contribution in [0.3, 0.4) is 0 Å². The van der Waals surface area contributed by atoms with Crippen molar-refractivity contribution in [3.63, 3.8) is 0 Å². The summed E-state index contributed by atoms with van der Waals surface area (Å²) in [7, 11) is 0. The molecular formula is C19H22N4S. The summed E-state index contributed by atoms with van der Waals surface area (Å²) in [5.41, 5.74) is 2.37. The first-order valence-electron chi connectivity index (χ1n) is 8.57. The molecule has 2 aromatic heterocycles. The summed E-state index contributed by atoms with van der Waals surface area (Å²) in [6, 6.07) is 10.8. The van der Waals surface area contributed by atoms with Crippen molar-refractivity contribution in [3.05, 3.63) is 64.4 Å². The van der Waals surface area contributed by atoms with Crippen LogP contribution in [0.4, 0.5) is 0 Å². The van der Waals surface area contributed by atoms with E-state index in [1.165, 1.54) is 34.7 Å². The SMILES string of the molecule is CC(NCc1cnc(C2CCC2)s1)c1ccc(-n2cccn2)cc1. The van der Waals surface area contributed by atoms with Gasteiger partial charge in [-0.15, -0.1) is 11.3 Å². The molecule has 1 N–H and O–H groups in total. The van der Waals surface area contributed by atoms with E-state index >= 15 is 0 Å². The van der Waals surface area contributed by atoms with Gasteiger partial charge in [-0.2, -0.15) is 5.10 Å². The zero-order valence-electron chi connectivity index (χ0n) is 13.9. The maximum atomic E-state index is 4.60. The van der Waals surface area contributed by atoms with E-state index in [9.17, 15) is 0 Å². The molecule has 0 radical (unpaired) electrons. The molecule has 0 aliphatic heterocycles. The van der Waals surface area contributed by atoms with Gasteiger partial charge < -0.3 is 5.32 Å². The molecule has 0 amide bonds. The van der Waals surface area contributed by atoms with Crippen LogP contribution >= 0.6 is 11.3 Å². The van der Waals surface area contributed by atoms with Crippen LogP contribution in [0.1, 0.15) is 53.6 Å². The molecule has 4 nitrogen and oxygen atoms in total. The minimum Gasteiger partial charge on any atom is -0.305 e. The molecule has 1 saturated carbocycles. The molecule has 1 aromatic carbocycles. The number of benzene rings is 1. The molecular weight excluding hydrogens is 316 g/mol. The Bertz CT molecular complexity index is 772. The van der Waals surface area contributed by atoms with Crippen LogP contribution in [0, 0.1) is 0 Å².